The number of anilines is 1. The van der Waals surface area contributed by atoms with Crippen LogP contribution in [0.4, 0.5) is 5.69 Å². The lowest BCUT2D eigenvalue weighted by Gasteiger charge is -2.26. The summed E-state index contributed by atoms with van der Waals surface area (Å²) in [6, 6.07) is 5.73. The Bertz CT molecular complexity index is 692. The number of rotatable bonds is 6. The van der Waals surface area contributed by atoms with Crippen molar-refractivity contribution in [1.29, 1.82) is 0 Å². The average Bonchev–Trinajstić information content (AvgIpc) is 2.55. The molecule has 24 heavy (non-hydrogen) atoms. The molecule has 1 amide bonds. The Balaban J connectivity index is 1.98. The van der Waals surface area contributed by atoms with Crippen LogP contribution in [0.15, 0.2) is 29.2 Å². The summed E-state index contributed by atoms with van der Waals surface area (Å²) in [5.41, 5.74) is 0.544. The van der Waals surface area contributed by atoms with E-state index in [0.29, 0.717) is 37.8 Å². The van der Waals surface area contributed by atoms with Gasteiger partial charge in [0.25, 0.3) is 0 Å². The minimum atomic E-state index is -3.66. The van der Waals surface area contributed by atoms with E-state index >= 15 is 0 Å². The normalized spacial score (nSPS) is 21.2. The highest BCUT2D eigenvalue weighted by molar-refractivity contribution is 7.89. The second-order valence-electron chi connectivity index (χ2n) is 5.93. The van der Waals surface area contributed by atoms with Gasteiger partial charge in [-0.05, 0) is 49.9 Å². The number of hydrogen-bond donors (Lipinski definition) is 3. The SMILES string of the molecule is CCC(=O)Nc1ccc(S(=O)(=O)NC2CCC(C(=O)O)CC2)cc1. The Morgan fingerprint density at radius 1 is 1.12 bits per heavy atom. The van der Waals surface area contributed by atoms with Gasteiger partial charge in [0, 0.05) is 18.2 Å². The van der Waals surface area contributed by atoms with Crippen LogP contribution >= 0.6 is 0 Å². The summed E-state index contributed by atoms with van der Waals surface area (Å²) in [5.74, 6) is -1.34. The van der Waals surface area contributed by atoms with Crippen LogP contribution in [0.25, 0.3) is 0 Å². The van der Waals surface area contributed by atoms with Crippen molar-refractivity contribution in [2.75, 3.05) is 5.32 Å². The number of carboxylic acids is 1. The molecule has 0 aliphatic heterocycles. The first-order valence-corrected chi connectivity index (χ1v) is 9.45. The van der Waals surface area contributed by atoms with E-state index in [9.17, 15) is 18.0 Å². The van der Waals surface area contributed by atoms with Gasteiger partial charge >= 0.3 is 5.97 Å². The second-order valence-corrected chi connectivity index (χ2v) is 7.65. The number of sulfonamides is 1. The minimum absolute atomic E-state index is 0.123. The van der Waals surface area contributed by atoms with Crippen LogP contribution in [0.1, 0.15) is 39.0 Å². The topological polar surface area (TPSA) is 113 Å². The maximum Gasteiger partial charge on any atom is 0.306 e. The van der Waals surface area contributed by atoms with Gasteiger partial charge in [-0.25, -0.2) is 13.1 Å². The molecule has 1 aromatic carbocycles. The Labute approximate surface area is 141 Å². The predicted molar refractivity (Wildman–Crippen MR) is 89.1 cm³/mol. The zero-order valence-corrected chi connectivity index (χ0v) is 14.3. The van der Waals surface area contributed by atoms with Crippen LogP contribution in [0.3, 0.4) is 0 Å². The molecule has 0 aromatic heterocycles. The number of aliphatic carboxylic acids is 1. The van der Waals surface area contributed by atoms with Crippen LogP contribution < -0.4 is 10.0 Å². The third kappa shape index (κ3) is 4.78. The van der Waals surface area contributed by atoms with Crippen molar-refractivity contribution >= 4 is 27.6 Å². The van der Waals surface area contributed by atoms with E-state index in [1.54, 1.807) is 19.1 Å². The summed E-state index contributed by atoms with van der Waals surface area (Å²) in [7, 11) is -3.66. The number of carboxylic acid groups (broad SMARTS) is 1. The van der Waals surface area contributed by atoms with Gasteiger partial charge < -0.3 is 10.4 Å². The summed E-state index contributed by atoms with van der Waals surface area (Å²) in [4.78, 5) is 22.4. The minimum Gasteiger partial charge on any atom is -0.481 e. The number of hydrogen-bond acceptors (Lipinski definition) is 4. The standard InChI is InChI=1S/C16H22N2O5S/c1-2-15(19)17-12-7-9-14(10-8-12)24(22,23)18-13-5-3-11(4-6-13)16(20)21/h7-11,13,18H,2-6H2,1H3,(H,17,19)(H,20,21). The van der Waals surface area contributed by atoms with Crippen molar-refractivity contribution in [1.82, 2.24) is 4.72 Å². The fourth-order valence-electron chi connectivity index (χ4n) is 2.71. The molecule has 2 rings (SSSR count). The fourth-order valence-corrected chi connectivity index (χ4v) is 4.02. The zero-order chi connectivity index (χ0) is 17.7. The van der Waals surface area contributed by atoms with Crippen molar-refractivity contribution < 1.29 is 23.1 Å². The zero-order valence-electron chi connectivity index (χ0n) is 13.5. The molecule has 0 atom stereocenters. The quantitative estimate of drug-likeness (QED) is 0.723. The number of nitrogens with one attached hydrogen (secondary N) is 2. The molecule has 1 aromatic rings. The Morgan fingerprint density at radius 3 is 2.21 bits per heavy atom. The van der Waals surface area contributed by atoms with Gasteiger partial charge in [0.05, 0.1) is 10.8 Å². The first-order valence-electron chi connectivity index (χ1n) is 7.97. The molecule has 0 radical (unpaired) electrons. The molecule has 0 unspecified atom stereocenters. The lowest BCUT2D eigenvalue weighted by atomic mass is 9.87. The van der Waals surface area contributed by atoms with Gasteiger partial charge in [-0.3, -0.25) is 9.59 Å². The van der Waals surface area contributed by atoms with E-state index in [2.05, 4.69) is 10.0 Å². The molecule has 1 aliphatic rings. The van der Waals surface area contributed by atoms with E-state index in [1.807, 2.05) is 0 Å². The maximum absolute atomic E-state index is 12.4. The summed E-state index contributed by atoms with van der Waals surface area (Å²) < 4.78 is 27.4. The Hall–Kier alpha value is -1.93. The molecule has 0 heterocycles. The smallest absolute Gasteiger partial charge is 0.306 e. The average molecular weight is 354 g/mol. The highest BCUT2D eigenvalue weighted by Gasteiger charge is 2.28. The van der Waals surface area contributed by atoms with E-state index in [1.165, 1.54) is 12.1 Å². The highest BCUT2D eigenvalue weighted by atomic mass is 32.2. The van der Waals surface area contributed by atoms with Crippen molar-refractivity contribution in [2.24, 2.45) is 5.92 Å². The summed E-state index contributed by atoms with van der Waals surface area (Å²) in [6.07, 6.45) is 2.33. The predicted octanol–water partition coefficient (Wildman–Crippen LogP) is 1.96. The first-order chi connectivity index (χ1) is 11.3. The van der Waals surface area contributed by atoms with Crippen LogP contribution in [0.2, 0.25) is 0 Å². The van der Waals surface area contributed by atoms with E-state index in [4.69, 9.17) is 5.11 Å². The third-order valence-electron chi connectivity index (χ3n) is 4.17. The van der Waals surface area contributed by atoms with Gasteiger partial charge in [-0.2, -0.15) is 0 Å². The van der Waals surface area contributed by atoms with Gasteiger partial charge in [0.15, 0.2) is 0 Å². The molecule has 7 nitrogen and oxygen atoms in total. The number of carbonyl (C=O) groups excluding carboxylic acids is 1. The van der Waals surface area contributed by atoms with Crippen LogP contribution in [-0.4, -0.2) is 31.4 Å². The lowest BCUT2D eigenvalue weighted by molar-refractivity contribution is -0.142. The van der Waals surface area contributed by atoms with Gasteiger partial charge in [-0.15, -0.1) is 0 Å². The van der Waals surface area contributed by atoms with Crippen molar-refractivity contribution in [3.05, 3.63) is 24.3 Å². The number of benzene rings is 1. The largest absolute Gasteiger partial charge is 0.481 e. The van der Waals surface area contributed by atoms with E-state index in [-0.39, 0.29) is 22.8 Å². The molecular weight excluding hydrogens is 332 g/mol. The van der Waals surface area contributed by atoms with Crippen molar-refractivity contribution in [3.8, 4) is 0 Å². The van der Waals surface area contributed by atoms with E-state index in [0.717, 1.165) is 0 Å². The van der Waals surface area contributed by atoms with Crippen molar-refractivity contribution in [3.63, 3.8) is 0 Å². The summed E-state index contributed by atoms with van der Waals surface area (Å²) in [5, 5.41) is 11.6. The Kier molecular flexibility index (Phi) is 5.95. The first kappa shape index (κ1) is 18.4. The molecule has 1 aliphatic carbocycles. The van der Waals surface area contributed by atoms with Crippen molar-refractivity contribution in [2.45, 2.75) is 50.0 Å². The molecule has 1 saturated carbocycles. The molecule has 1 fully saturated rings. The molecule has 8 heteroatoms. The summed E-state index contributed by atoms with van der Waals surface area (Å²) in [6.45, 7) is 1.73. The van der Waals surface area contributed by atoms with E-state index < -0.39 is 16.0 Å². The van der Waals surface area contributed by atoms with Gasteiger partial charge in [0.2, 0.25) is 15.9 Å². The Morgan fingerprint density at radius 2 is 1.71 bits per heavy atom. The molecular formula is C16H22N2O5S. The second kappa shape index (κ2) is 7.76. The third-order valence-corrected chi connectivity index (χ3v) is 5.70. The molecule has 0 bridgehead atoms. The summed E-state index contributed by atoms with van der Waals surface area (Å²) >= 11 is 0. The van der Waals surface area contributed by atoms with Gasteiger partial charge in [0.1, 0.15) is 0 Å². The molecule has 0 spiro atoms. The highest BCUT2D eigenvalue weighted by Crippen LogP contribution is 2.25. The lowest BCUT2D eigenvalue weighted by Crippen LogP contribution is -2.38. The van der Waals surface area contributed by atoms with Crippen LogP contribution in [0.5, 0.6) is 0 Å². The maximum atomic E-state index is 12.4. The van der Waals surface area contributed by atoms with Crippen LogP contribution in [0, 0.1) is 5.92 Å². The van der Waals surface area contributed by atoms with Crippen LogP contribution in [-0.2, 0) is 19.6 Å². The number of carbonyl (C=O) groups is 2. The van der Waals surface area contributed by atoms with Gasteiger partial charge in [-0.1, -0.05) is 6.92 Å². The molecule has 3 N–H and O–H groups in total. The number of amides is 1. The monoisotopic (exact) mass is 354 g/mol. The molecule has 0 saturated heterocycles. The molecule has 132 valence electrons. The fraction of sp³-hybridized carbons (Fsp3) is 0.500.